The third-order valence-corrected chi connectivity index (χ3v) is 2.96. The van der Waals surface area contributed by atoms with Crippen LogP contribution in [0.15, 0.2) is 41.3 Å². The fourth-order valence-corrected chi connectivity index (χ4v) is 2.01. The molecular weight excluding hydrogens is 244 g/mol. The van der Waals surface area contributed by atoms with E-state index in [1.54, 1.807) is 6.92 Å². The minimum absolute atomic E-state index is 0.237. The molecule has 1 heterocycles. The predicted octanol–water partition coefficient (Wildman–Crippen LogP) is 1.96. The first-order chi connectivity index (χ1) is 9.15. The Hall–Kier alpha value is -2.30. The summed E-state index contributed by atoms with van der Waals surface area (Å²) in [6.45, 7) is 3.87. The van der Waals surface area contributed by atoms with Crippen LogP contribution in [0.5, 0.6) is 0 Å². The topological polar surface area (TPSA) is 64.1 Å². The quantitative estimate of drug-likeness (QED) is 0.855. The molecule has 0 aliphatic heterocycles. The summed E-state index contributed by atoms with van der Waals surface area (Å²) < 4.78 is 6.36. The third-order valence-electron chi connectivity index (χ3n) is 2.96. The molecule has 19 heavy (non-hydrogen) atoms. The number of hydrogen-bond acceptors (Lipinski definition) is 3. The summed E-state index contributed by atoms with van der Waals surface area (Å²) >= 11 is 0. The average molecular weight is 260 g/mol. The fraction of sp³-hybridized carbons (Fsp3) is 0.286. The molecule has 0 unspecified atom stereocenters. The van der Waals surface area contributed by atoms with Crippen molar-refractivity contribution in [2.24, 2.45) is 0 Å². The second-order valence-corrected chi connectivity index (χ2v) is 4.16. The van der Waals surface area contributed by atoms with Crippen LogP contribution >= 0.6 is 0 Å². The molecular formula is C14H16N2O3. The van der Waals surface area contributed by atoms with Crippen molar-refractivity contribution < 1.29 is 9.53 Å². The molecule has 1 N–H and O–H groups in total. The maximum absolute atomic E-state index is 11.9. The Morgan fingerprint density at radius 2 is 2.05 bits per heavy atom. The van der Waals surface area contributed by atoms with Gasteiger partial charge < -0.3 is 9.72 Å². The van der Waals surface area contributed by atoms with Crippen LogP contribution in [-0.4, -0.2) is 22.1 Å². The van der Waals surface area contributed by atoms with E-state index in [1.807, 2.05) is 37.3 Å². The summed E-state index contributed by atoms with van der Waals surface area (Å²) in [7, 11) is 0. The van der Waals surface area contributed by atoms with E-state index >= 15 is 0 Å². The summed E-state index contributed by atoms with van der Waals surface area (Å²) in [5.41, 5.74) is 0.873. The van der Waals surface area contributed by atoms with Gasteiger partial charge >= 0.3 is 11.7 Å². The number of aromatic amines is 1. The molecule has 0 aliphatic carbocycles. The lowest BCUT2D eigenvalue weighted by Gasteiger charge is -2.15. The van der Waals surface area contributed by atoms with E-state index in [1.165, 1.54) is 10.8 Å². The molecule has 1 atom stereocenters. The van der Waals surface area contributed by atoms with Gasteiger partial charge in [-0.25, -0.2) is 9.59 Å². The molecule has 2 rings (SSSR count). The highest BCUT2D eigenvalue weighted by Gasteiger charge is 2.20. The van der Waals surface area contributed by atoms with Crippen LogP contribution in [-0.2, 0) is 4.74 Å². The second kappa shape index (κ2) is 5.56. The molecule has 0 saturated heterocycles. The van der Waals surface area contributed by atoms with Crippen LogP contribution in [0, 0.1) is 0 Å². The van der Waals surface area contributed by atoms with Gasteiger partial charge in [-0.05, 0) is 19.4 Å². The van der Waals surface area contributed by atoms with Crippen LogP contribution in [0.4, 0.5) is 0 Å². The van der Waals surface area contributed by atoms with E-state index in [9.17, 15) is 9.59 Å². The number of hydrogen-bond donors (Lipinski definition) is 1. The van der Waals surface area contributed by atoms with Crippen LogP contribution in [0.1, 0.15) is 35.9 Å². The molecule has 100 valence electrons. The Bertz CT molecular complexity index is 613. The highest BCUT2D eigenvalue weighted by molar-refractivity contribution is 5.87. The van der Waals surface area contributed by atoms with Gasteiger partial charge in [-0.3, -0.25) is 4.57 Å². The molecule has 5 heteroatoms. The normalized spacial score (nSPS) is 12.1. The van der Waals surface area contributed by atoms with E-state index in [0.717, 1.165) is 5.56 Å². The molecule has 0 aliphatic rings. The molecule has 0 amide bonds. The van der Waals surface area contributed by atoms with Gasteiger partial charge in [0.2, 0.25) is 0 Å². The molecule has 1 aromatic heterocycles. The average Bonchev–Trinajstić information content (AvgIpc) is 2.81. The number of carbonyl (C=O) groups is 1. The van der Waals surface area contributed by atoms with Crippen molar-refractivity contribution in [1.82, 2.24) is 9.55 Å². The zero-order valence-corrected chi connectivity index (χ0v) is 10.9. The smallest absolute Gasteiger partial charge is 0.356 e. The maximum Gasteiger partial charge on any atom is 0.356 e. The van der Waals surface area contributed by atoms with Crippen LogP contribution in [0.3, 0.4) is 0 Å². The zero-order chi connectivity index (χ0) is 13.8. The number of rotatable bonds is 4. The lowest BCUT2D eigenvalue weighted by molar-refractivity contribution is 0.0512. The highest BCUT2D eigenvalue weighted by Crippen LogP contribution is 2.17. The lowest BCUT2D eigenvalue weighted by atomic mass is 10.1. The fourth-order valence-electron chi connectivity index (χ4n) is 2.01. The van der Waals surface area contributed by atoms with Crippen molar-refractivity contribution in [3.05, 3.63) is 58.3 Å². The second-order valence-electron chi connectivity index (χ2n) is 4.16. The van der Waals surface area contributed by atoms with E-state index in [4.69, 9.17) is 4.74 Å². The molecule has 2 aromatic rings. The van der Waals surface area contributed by atoms with Crippen molar-refractivity contribution in [1.29, 1.82) is 0 Å². The van der Waals surface area contributed by atoms with Crippen molar-refractivity contribution in [3.63, 3.8) is 0 Å². The zero-order valence-electron chi connectivity index (χ0n) is 10.9. The SMILES string of the molecule is CCOC(=O)c1c[nH]c(=O)n1[C@H](C)c1ccccc1. The number of aromatic nitrogens is 2. The van der Waals surface area contributed by atoms with Gasteiger partial charge in [-0.1, -0.05) is 30.3 Å². The van der Waals surface area contributed by atoms with E-state index in [-0.39, 0.29) is 24.0 Å². The number of carbonyl (C=O) groups excluding carboxylic acids is 1. The predicted molar refractivity (Wildman–Crippen MR) is 71.3 cm³/mol. The van der Waals surface area contributed by atoms with Gasteiger partial charge in [-0.2, -0.15) is 0 Å². The Balaban J connectivity index is 2.42. The first kappa shape index (κ1) is 13.1. The van der Waals surface area contributed by atoms with Crippen LogP contribution < -0.4 is 5.69 Å². The summed E-state index contributed by atoms with van der Waals surface area (Å²) in [4.78, 5) is 26.2. The molecule has 0 bridgehead atoms. The van der Waals surface area contributed by atoms with Gasteiger partial charge in [0.05, 0.1) is 12.6 Å². The molecule has 0 radical (unpaired) electrons. The Morgan fingerprint density at radius 3 is 2.68 bits per heavy atom. The molecule has 0 fully saturated rings. The number of imidazole rings is 1. The van der Waals surface area contributed by atoms with Gasteiger partial charge in [0.15, 0.2) is 0 Å². The number of ether oxygens (including phenoxy) is 1. The number of nitrogens with zero attached hydrogens (tertiary/aromatic N) is 1. The van der Waals surface area contributed by atoms with Gasteiger partial charge in [0, 0.05) is 6.20 Å². The highest BCUT2D eigenvalue weighted by atomic mass is 16.5. The van der Waals surface area contributed by atoms with Gasteiger partial charge in [0.1, 0.15) is 5.69 Å². The molecule has 1 aromatic carbocycles. The first-order valence-corrected chi connectivity index (χ1v) is 6.17. The number of esters is 1. The third kappa shape index (κ3) is 2.59. The van der Waals surface area contributed by atoms with Crippen molar-refractivity contribution in [3.8, 4) is 0 Å². The van der Waals surface area contributed by atoms with E-state index in [0.29, 0.717) is 0 Å². The summed E-state index contributed by atoms with van der Waals surface area (Å²) in [6, 6.07) is 9.29. The number of nitrogens with one attached hydrogen (secondary N) is 1. The maximum atomic E-state index is 11.9. The number of benzene rings is 1. The summed E-state index contributed by atoms with van der Waals surface area (Å²) in [6.07, 6.45) is 1.39. The monoisotopic (exact) mass is 260 g/mol. The standard InChI is InChI=1S/C14H16N2O3/c1-3-19-13(17)12-9-15-14(18)16(12)10(2)11-7-5-4-6-8-11/h4-10H,3H2,1-2H3,(H,15,18)/t10-/m1/s1. The summed E-state index contributed by atoms with van der Waals surface area (Å²) in [5.74, 6) is -0.497. The van der Waals surface area contributed by atoms with Crippen LogP contribution in [0.2, 0.25) is 0 Å². The Labute approximate surface area is 110 Å². The molecule has 0 saturated carbocycles. The van der Waals surface area contributed by atoms with E-state index in [2.05, 4.69) is 4.98 Å². The first-order valence-electron chi connectivity index (χ1n) is 6.17. The Morgan fingerprint density at radius 1 is 1.37 bits per heavy atom. The minimum Gasteiger partial charge on any atom is -0.461 e. The molecule has 0 spiro atoms. The van der Waals surface area contributed by atoms with Crippen molar-refractivity contribution >= 4 is 5.97 Å². The van der Waals surface area contributed by atoms with Gasteiger partial charge in [0.25, 0.3) is 0 Å². The van der Waals surface area contributed by atoms with E-state index < -0.39 is 5.97 Å². The summed E-state index contributed by atoms with van der Waals surface area (Å²) in [5, 5.41) is 0. The Kier molecular flexibility index (Phi) is 3.85. The van der Waals surface area contributed by atoms with Crippen molar-refractivity contribution in [2.75, 3.05) is 6.61 Å². The largest absolute Gasteiger partial charge is 0.461 e. The van der Waals surface area contributed by atoms with Crippen LogP contribution in [0.25, 0.3) is 0 Å². The number of H-pyrrole nitrogens is 1. The lowest BCUT2D eigenvalue weighted by Crippen LogP contribution is -2.25. The van der Waals surface area contributed by atoms with Crippen molar-refractivity contribution in [2.45, 2.75) is 19.9 Å². The van der Waals surface area contributed by atoms with Gasteiger partial charge in [-0.15, -0.1) is 0 Å². The molecule has 5 nitrogen and oxygen atoms in total. The minimum atomic E-state index is -0.497.